The molecule has 0 saturated carbocycles. The van der Waals surface area contributed by atoms with E-state index >= 15 is 0 Å². The fourth-order valence-corrected chi connectivity index (χ4v) is 2.44. The fourth-order valence-electron chi connectivity index (χ4n) is 2.20. The van der Waals surface area contributed by atoms with Gasteiger partial charge in [0.15, 0.2) is 11.4 Å². The van der Waals surface area contributed by atoms with E-state index in [4.69, 9.17) is 17.0 Å². The van der Waals surface area contributed by atoms with Crippen LogP contribution in [-0.2, 0) is 4.79 Å². The smallest absolute Gasteiger partial charge is 0.281 e. The third-order valence-corrected chi connectivity index (χ3v) is 3.72. The van der Waals surface area contributed by atoms with Crippen LogP contribution in [0.25, 0.3) is 10.9 Å². The summed E-state index contributed by atoms with van der Waals surface area (Å²) in [5, 5.41) is 0.436. The summed E-state index contributed by atoms with van der Waals surface area (Å²) in [6.07, 6.45) is 0. The zero-order valence-electron chi connectivity index (χ0n) is 12.9. The highest BCUT2D eigenvalue weighted by molar-refractivity contribution is 7.71. The van der Waals surface area contributed by atoms with Gasteiger partial charge in [-0.3, -0.25) is 15.0 Å². The Balaban J connectivity index is 1.77. The Labute approximate surface area is 142 Å². The second-order valence-electron chi connectivity index (χ2n) is 5.25. The van der Waals surface area contributed by atoms with Gasteiger partial charge in [-0.1, -0.05) is 29.8 Å². The van der Waals surface area contributed by atoms with E-state index in [1.807, 2.05) is 19.1 Å². The number of H-pyrrole nitrogens is 1. The van der Waals surface area contributed by atoms with Crippen molar-refractivity contribution >= 4 is 29.0 Å². The van der Waals surface area contributed by atoms with Crippen molar-refractivity contribution in [2.24, 2.45) is 0 Å². The van der Waals surface area contributed by atoms with E-state index in [1.165, 1.54) is 0 Å². The molecule has 7 heteroatoms. The predicted octanol–water partition coefficient (Wildman–Crippen LogP) is 2.52. The highest BCUT2D eigenvalue weighted by atomic mass is 32.1. The third-order valence-electron chi connectivity index (χ3n) is 3.43. The Kier molecular flexibility index (Phi) is 4.43. The van der Waals surface area contributed by atoms with Gasteiger partial charge in [0.1, 0.15) is 5.75 Å². The molecule has 0 unspecified atom stereocenters. The van der Waals surface area contributed by atoms with Gasteiger partial charge in [-0.05, 0) is 43.4 Å². The molecule has 0 aliphatic rings. The molecule has 0 saturated heterocycles. The van der Waals surface area contributed by atoms with E-state index in [-0.39, 0.29) is 11.4 Å². The first-order valence-electron chi connectivity index (χ1n) is 7.28. The minimum absolute atomic E-state index is 0.113. The van der Waals surface area contributed by atoms with Crippen molar-refractivity contribution in [2.45, 2.75) is 6.92 Å². The number of nitrogens with zero attached hydrogens (tertiary/aromatic N) is 1. The molecule has 0 radical (unpaired) electrons. The standard InChI is InChI=1S/C17H15N3O3S/c1-11-6-8-12(9-7-11)23-10-15(21)19-20-16(22)13-4-2-3-5-14(13)18-17(20)24/h2-9H,10H2,1H3,(H,18,24)(H,19,21). The normalized spacial score (nSPS) is 10.5. The summed E-state index contributed by atoms with van der Waals surface area (Å²) in [4.78, 5) is 27.4. The van der Waals surface area contributed by atoms with Crippen molar-refractivity contribution in [1.29, 1.82) is 0 Å². The first kappa shape index (κ1) is 15.9. The lowest BCUT2D eigenvalue weighted by Gasteiger charge is -2.10. The molecule has 0 aliphatic carbocycles. The molecule has 6 nitrogen and oxygen atoms in total. The van der Waals surface area contributed by atoms with Crippen LogP contribution in [0.5, 0.6) is 5.75 Å². The molecule has 0 bridgehead atoms. The summed E-state index contributed by atoms with van der Waals surface area (Å²) in [6, 6.07) is 14.3. The van der Waals surface area contributed by atoms with E-state index in [0.717, 1.165) is 10.2 Å². The number of hydrogen-bond acceptors (Lipinski definition) is 4. The average Bonchev–Trinajstić information content (AvgIpc) is 2.58. The number of aryl methyl sites for hydroxylation is 1. The zero-order valence-corrected chi connectivity index (χ0v) is 13.7. The Hall–Kier alpha value is -2.93. The summed E-state index contributed by atoms with van der Waals surface area (Å²) in [5.41, 5.74) is 3.78. The van der Waals surface area contributed by atoms with Crippen LogP contribution in [-0.4, -0.2) is 22.2 Å². The number of aromatic amines is 1. The fraction of sp³-hybridized carbons (Fsp3) is 0.118. The minimum Gasteiger partial charge on any atom is -0.484 e. The molecule has 122 valence electrons. The van der Waals surface area contributed by atoms with E-state index in [2.05, 4.69) is 10.4 Å². The van der Waals surface area contributed by atoms with Crippen LogP contribution in [0.4, 0.5) is 0 Å². The Morgan fingerprint density at radius 3 is 2.67 bits per heavy atom. The lowest BCUT2D eigenvalue weighted by atomic mass is 10.2. The van der Waals surface area contributed by atoms with Crippen molar-refractivity contribution in [3.05, 3.63) is 69.2 Å². The van der Waals surface area contributed by atoms with Crippen LogP contribution in [0, 0.1) is 11.7 Å². The van der Waals surface area contributed by atoms with Crippen LogP contribution in [0.15, 0.2) is 53.3 Å². The van der Waals surface area contributed by atoms with Gasteiger partial charge in [0, 0.05) is 0 Å². The van der Waals surface area contributed by atoms with Gasteiger partial charge in [-0.2, -0.15) is 4.68 Å². The molecule has 3 rings (SSSR count). The summed E-state index contributed by atoms with van der Waals surface area (Å²) in [6.45, 7) is 1.74. The van der Waals surface area contributed by atoms with E-state index in [9.17, 15) is 9.59 Å². The molecule has 0 aliphatic heterocycles. The van der Waals surface area contributed by atoms with Crippen LogP contribution < -0.4 is 15.7 Å². The monoisotopic (exact) mass is 341 g/mol. The summed E-state index contributed by atoms with van der Waals surface area (Å²) in [5.74, 6) is 0.0965. The van der Waals surface area contributed by atoms with Gasteiger partial charge < -0.3 is 9.72 Å². The number of hydrogen-bond donors (Lipinski definition) is 2. The molecule has 0 fully saturated rings. The number of fused-ring (bicyclic) bond motifs is 1. The van der Waals surface area contributed by atoms with E-state index in [1.54, 1.807) is 36.4 Å². The van der Waals surface area contributed by atoms with E-state index < -0.39 is 11.5 Å². The highest BCUT2D eigenvalue weighted by Gasteiger charge is 2.09. The van der Waals surface area contributed by atoms with Gasteiger partial charge in [0.2, 0.25) is 0 Å². The van der Waals surface area contributed by atoms with Crippen molar-refractivity contribution < 1.29 is 9.53 Å². The largest absolute Gasteiger partial charge is 0.484 e. The molecule has 2 aromatic carbocycles. The van der Waals surface area contributed by atoms with Crippen LogP contribution in [0.3, 0.4) is 0 Å². The SMILES string of the molecule is Cc1ccc(OCC(=O)Nn2c(=S)[nH]c3ccccc3c2=O)cc1. The average molecular weight is 341 g/mol. The quantitative estimate of drug-likeness (QED) is 0.715. The van der Waals surface area contributed by atoms with Crippen molar-refractivity contribution in [2.75, 3.05) is 12.0 Å². The number of benzene rings is 2. The lowest BCUT2D eigenvalue weighted by Crippen LogP contribution is -2.36. The zero-order chi connectivity index (χ0) is 17.1. The molecule has 1 aromatic heterocycles. The number of carbonyl (C=O) groups is 1. The minimum atomic E-state index is -0.479. The molecule has 3 aromatic rings. The van der Waals surface area contributed by atoms with Crippen LogP contribution in [0.1, 0.15) is 5.56 Å². The van der Waals surface area contributed by atoms with Crippen molar-refractivity contribution in [3.63, 3.8) is 0 Å². The van der Waals surface area contributed by atoms with Crippen LogP contribution in [0.2, 0.25) is 0 Å². The number of amides is 1. The highest BCUT2D eigenvalue weighted by Crippen LogP contribution is 2.11. The molecule has 0 spiro atoms. The second-order valence-corrected chi connectivity index (χ2v) is 5.64. The number of para-hydroxylation sites is 1. The molecule has 0 atom stereocenters. The van der Waals surface area contributed by atoms with E-state index in [0.29, 0.717) is 16.7 Å². The second kappa shape index (κ2) is 6.67. The van der Waals surface area contributed by atoms with Crippen molar-refractivity contribution in [1.82, 2.24) is 9.66 Å². The maximum Gasteiger partial charge on any atom is 0.281 e. The summed E-state index contributed by atoms with van der Waals surface area (Å²) < 4.78 is 6.52. The van der Waals surface area contributed by atoms with Gasteiger partial charge in [0.25, 0.3) is 11.5 Å². The molecule has 1 heterocycles. The number of nitrogens with one attached hydrogen (secondary N) is 2. The lowest BCUT2D eigenvalue weighted by molar-refractivity contribution is -0.119. The summed E-state index contributed by atoms with van der Waals surface area (Å²) >= 11 is 5.13. The predicted molar refractivity (Wildman–Crippen MR) is 94.4 cm³/mol. The van der Waals surface area contributed by atoms with Gasteiger partial charge in [-0.25, -0.2) is 0 Å². The Bertz CT molecular complexity index is 1010. The third kappa shape index (κ3) is 3.36. The van der Waals surface area contributed by atoms with Gasteiger partial charge >= 0.3 is 0 Å². The maximum absolute atomic E-state index is 12.4. The summed E-state index contributed by atoms with van der Waals surface area (Å²) in [7, 11) is 0. The molecule has 24 heavy (non-hydrogen) atoms. The van der Waals surface area contributed by atoms with Gasteiger partial charge in [0.05, 0.1) is 10.9 Å². The molecular formula is C17H15N3O3S. The number of carbonyl (C=O) groups excluding carboxylic acids is 1. The number of aromatic nitrogens is 2. The molecule has 2 N–H and O–H groups in total. The van der Waals surface area contributed by atoms with Crippen molar-refractivity contribution in [3.8, 4) is 5.75 Å². The topological polar surface area (TPSA) is 76.1 Å². The molecular weight excluding hydrogens is 326 g/mol. The molecule has 1 amide bonds. The first-order chi connectivity index (χ1) is 11.5. The Morgan fingerprint density at radius 2 is 1.92 bits per heavy atom. The van der Waals surface area contributed by atoms with Crippen LogP contribution >= 0.6 is 12.2 Å². The van der Waals surface area contributed by atoms with Gasteiger partial charge in [-0.15, -0.1) is 0 Å². The first-order valence-corrected chi connectivity index (χ1v) is 7.69. The maximum atomic E-state index is 12.4. The Morgan fingerprint density at radius 1 is 1.21 bits per heavy atom. The number of rotatable bonds is 4. The number of ether oxygens (including phenoxy) is 1.